The van der Waals surface area contributed by atoms with Crippen molar-refractivity contribution in [2.24, 2.45) is 64.1 Å². The molecule has 9 fully saturated rings. The molecule has 10 heteroatoms. The van der Waals surface area contributed by atoms with Crippen LogP contribution in [0.25, 0.3) is 0 Å². The molecule has 282 valence electrons. The molecule has 0 radical (unpaired) electrons. The Labute approximate surface area is 303 Å². The number of carbonyl (C=O) groups is 4. The molecule has 0 aromatic rings. The quantitative estimate of drug-likeness (QED) is 0.377. The molecule has 51 heavy (non-hydrogen) atoms. The van der Waals surface area contributed by atoms with E-state index in [1.807, 2.05) is 0 Å². The number of fused-ring (bicyclic) bond motifs is 7. The topological polar surface area (TPSA) is 112 Å². The Morgan fingerprint density at radius 2 is 0.941 bits per heavy atom. The van der Waals surface area contributed by atoms with E-state index in [2.05, 4.69) is 34.6 Å². The van der Waals surface area contributed by atoms with Crippen LogP contribution in [0.1, 0.15) is 105 Å². The number of rotatable bonds is 3. The number of amides is 4. The van der Waals surface area contributed by atoms with Gasteiger partial charge in [-0.1, -0.05) is 41.0 Å². The molecular weight excluding hydrogens is 648 g/mol. The average molecular weight is 709 g/mol. The second-order valence-electron chi connectivity index (χ2n) is 19.7. The summed E-state index contributed by atoms with van der Waals surface area (Å²) < 4.78 is 27.9. The summed E-state index contributed by atoms with van der Waals surface area (Å²) >= 11 is 0. The summed E-state index contributed by atoms with van der Waals surface area (Å²) in [5, 5.41) is 0. The van der Waals surface area contributed by atoms with Crippen molar-refractivity contribution >= 4 is 23.6 Å². The van der Waals surface area contributed by atoms with Gasteiger partial charge in [-0.3, -0.25) is 29.0 Å². The van der Waals surface area contributed by atoms with E-state index in [4.69, 9.17) is 18.9 Å². The lowest BCUT2D eigenvalue weighted by atomic mass is 9.48. The summed E-state index contributed by atoms with van der Waals surface area (Å²) in [5.74, 6) is 1.19. The van der Waals surface area contributed by atoms with Gasteiger partial charge in [-0.05, 0) is 105 Å². The molecule has 0 spiro atoms. The third kappa shape index (κ3) is 5.29. The zero-order valence-electron chi connectivity index (χ0n) is 31.8. The van der Waals surface area contributed by atoms with Crippen molar-refractivity contribution < 1.29 is 38.1 Å². The van der Waals surface area contributed by atoms with Crippen LogP contribution in [-0.2, 0) is 38.1 Å². The van der Waals surface area contributed by atoms with Crippen molar-refractivity contribution in [2.75, 3.05) is 14.1 Å². The second-order valence-corrected chi connectivity index (χ2v) is 19.7. The van der Waals surface area contributed by atoms with Crippen LogP contribution in [-0.4, -0.2) is 96.4 Å². The van der Waals surface area contributed by atoms with Gasteiger partial charge < -0.3 is 18.9 Å². The predicted octanol–water partition coefficient (Wildman–Crippen LogP) is 5.00. The van der Waals surface area contributed by atoms with Gasteiger partial charge in [0.25, 0.3) is 0 Å². The van der Waals surface area contributed by atoms with Crippen LogP contribution >= 0.6 is 0 Å². The predicted molar refractivity (Wildman–Crippen MR) is 186 cm³/mol. The van der Waals surface area contributed by atoms with Gasteiger partial charge in [-0.25, -0.2) is 0 Å². The van der Waals surface area contributed by atoms with Gasteiger partial charge >= 0.3 is 0 Å². The van der Waals surface area contributed by atoms with Gasteiger partial charge in [0.15, 0.2) is 0 Å². The highest BCUT2D eigenvalue weighted by Crippen LogP contribution is 2.61. The third-order valence-corrected chi connectivity index (χ3v) is 16.7. The van der Waals surface area contributed by atoms with Crippen LogP contribution in [0.2, 0.25) is 0 Å². The SMILES string of the molecule is CCC(C)(C)C1CC2OC3CC4C(=O)N(C)C(=O)C4CC3OC2CC1C1CCC(C)(C)C2CC3OC4CC5C(=O)N(C)C(=O)C5CC4OC3CC12. The molecule has 9 rings (SSSR count). The molecule has 4 saturated heterocycles. The maximum Gasteiger partial charge on any atom is 0.232 e. The number of likely N-dealkylation sites (tertiary alicyclic amines) is 2. The van der Waals surface area contributed by atoms with Crippen LogP contribution in [0, 0.1) is 64.1 Å². The molecule has 4 amide bonds. The number of nitrogens with zero attached hydrogens (tertiary/aromatic N) is 2. The molecule has 17 unspecified atom stereocenters. The van der Waals surface area contributed by atoms with E-state index in [0.29, 0.717) is 55.3 Å². The van der Waals surface area contributed by atoms with Gasteiger partial charge in [0.2, 0.25) is 23.6 Å². The van der Waals surface area contributed by atoms with Gasteiger partial charge in [0, 0.05) is 14.1 Å². The lowest BCUT2D eigenvalue weighted by Gasteiger charge is -2.61. The lowest BCUT2D eigenvalue weighted by Crippen LogP contribution is -2.61. The molecular formula is C41H60N2O8. The minimum atomic E-state index is -0.285. The highest BCUT2D eigenvalue weighted by molar-refractivity contribution is 6.05. The van der Waals surface area contributed by atoms with Gasteiger partial charge in [-0.15, -0.1) is 0 Å². The molecule has 4 heterocycles. The van der Waals surface area contributed by atoms with Crippen molar-refractivity contribution in [1.82, 2.24) is 9.80 Å². The lowest BCUT2D eigenvalue weighted by molar-refractivity contribution is -0.276. The number of carbonyl (C=O) groups excluding carboxylic acids is 4. The highest BCUT2D eigenvalue weighted by atomic mass is 16.6. The minimum absolute atomic E-state index is 0.00126. The second kappa shape index (κ2) is 12.1. The summed E-state index contributed by atoms with van der Waals surface area (Å²) in [6, 6.07) is 0. The largest absolute Gasteiger partial charge is 0.370 e. The van der Waals surface area contributed by atoms with E-state index in [9.17, 15) is 19.2 Å². The first-order chi connectivity index (χ1) is 24.2. The average Bonchev–Trinajstić information content (AvgIpc) is 3.44. The molecule has 0 N–H and O–H groups in total. The van der Waals surface area contributed by atoms with Crippen LogP contribution in [0.3, 0.4) is 0 Å². The van der Waals surface area contributed by atoms with Gasteiger partial charge in [0.05, 0.1) is 72.5 Å². The molecule has 17 atom stereocenters. The Kier molecular flexibility index (Phi) is 8.24. The van der Waals surface area contributed by atoms with Crippen molar-refractivity contribution in [2.45, 2.75) is 154 Å². The number of hydrogen-bond acceptors (Lipinski definition) is 8. The van der Waals surface area contributed by atoms with Crippen LogP contribution in [0.5, 0.6) is 0 Å². The summed E-state index contributed by atoms with van der Waals surface area (Å²) in [4.78, 5) is 54.4. The third-order valence-electron chi connectivity index (χ3n) is 16.7. The fourth-order valence-electron chi connectivity index (χ4n) is 13.4. The van der Waals surface area contributed by atoms with E-state index in [1.54, 1.807) is 14.1 Å². The van der Waals surface area contributed by atoms with Crippen molar-refractivity contribution in [3.63, 3.8) is 0 Å². The first kappa shape index (κ1) is 34.9. The molecule has 5 saturated carbocycles. The molecule has 0 aromatic heterocycles. The maximum absolute atomic E-state index is 13.0. The zero-order valence-corrected chi connectivity index (χ0v) is 31.8. The van der Waals surface area contributed by atoms with E-state index in [-0.39, 0.29) is 107 Å². The van der Waals surface area contributed by atoms with Crippen molar-refractivity contribution in [1.29, 1.82) is 0 Å². The van der Waals surface area contributed by atoms with Gasteiger partial charge in [-0.2, -0.15) is 0 Å². The fourth-order valence-corrected chi connectivity index (χ4v) is 13.4. The Morgan fingerprint density at radius 1 is 0.569 bits per heavy atom. The fraction of sp³-hybridized carbons (Fsp3) is 0.902. The van der Waals surface area contributed by atoms with E-state index in [0.717, 1.165) is 32.1 Å². The normalized spacial score (nSPS) is 50.5. The zero-order chi connectivity index (χ0) is 35.9. The number of imide groups is 2. The number of ether oxygens (including phenoxy) is 4. The Morgan fingerprint density at radius 3 is 1.37 bits per heavy atom. The molecule has 0 bridgehead atoms. The Hall–Kier alpha value is -1.88. The van der Waals surface area contributed by atoms with E-state index >= 15 is 0 Å². The first-order valence-corrected chi connectivity index (χ1v) is 20.4. The van der Waals surface area contributed by atoms with E-state index in [1.165, 1.54) is 22.6 Å². The maximum atomic E-state index is 13.0. The summed E-state index contributed by atoms with van der Waals surface area (Å²) in [6.45, 7) is 12.1. The molecule has 5 aliphatic carbocycles. The van der Waals surface area contributed by atoms with E-state index < -0.39 is 0 Å². The van der Waals surface area contributed by atoms with Crippen molar-refractivity contribution in [3.8, 4) is 0 Å². The van der Waals surface area contributed by atoms with Crippen LogP contribution in [0.15, 0.2) is 0 Å². The molecule has 4 aliphatic heterocycles. The summed E-state index contributed by atoms with van der Waals surface area (Å²) in [6.07, 6.45) is 9.21. The summed E-state index contributed by atoms with van der Waals surface area (Å²) in [5.41, 5.74) is 0.334. The summed E-state index contributed by atoms with van der Waals surface area (Å²) in [7, 11) is 3.24. The molecule has 10 nitrogen and oxygen atoms in total. The Balaban J connectivity index is 0.963. The monoisotopic (exact) mass is 708 g/mol. The standard InChI is InChI=1S/C41H60N2O8/c1-8-40(2,3)26-17-34-28(48-30-13-22-24(15-32(30)50-34)38(46)42(6)36(22)44)11-20(26)19-9-10-41(4,5)27-18-35-29(12-21(19)27)49-31-14-23-25(16-33(31)51-35)39(47)43(7)37(23)45/h19-35H,8-18H2,1-7H3. The smallest absolute Gasteiger partial charge is 0.232 e. The Bertz CT molecular complexity index is 1480. The highest BCUT2D eigenvalue weighted by Gasteiger charge is 2.61. The molecule has 9 aliphatic rings. The minimum Gasteiger partial charge on any atom is -0.370 e. The van der Waals surface area contributed by atoms with Crippen molar-refractivity contribution in [3.05, 3.63) is 0 Å². The van der Waals surface area contributed by atoms with Gasteiger partial charge in [0.1, 0.15) is 0 Å². The number of hydrogen-bond donors (Lipinski definition) is 0. The molecule has 0 aromatic carbocycles. The van der Waals surface area contributed by atoms with Crippen LogP contribution in [0.4, 0.5) is 0 Å². The first-order valence-electron chi connectivity index (χ1n) is 20.4. The van der Waals surface area contributed by atoms with Crippen LogP contribution < -0.4 is 0 Å².